The van der Waals surface area contributed by atoms with E-state index >= 15 is 0 Å². The maximum absolute atomic E-state index is 7.60. The number of anilines is 2. The third-order valence-corrected chi connectivity index (χ3v) is 1.80. The highest BCUT2D eigenvalue weighted by atomic mass is 14.9. The van der Waals surface area contributed by atoms with Crippen LogP contribution in [0.4, 0.5) is 11.5 Å². The number of nitrogens with zero attached hydrogens (tertiary/aromatic N) is 1. The predicted molar refractivity (Wildman–Crippen MR) is 59.9 cm³/mol. The van der Waals surface area contributed by atoms with Gasteiger partial charge in [-0.3, -0.25) is 0 Å². The quantitative estimate of drug-likeness (QED) is 0.640. The zero-order valence-corrected chi connectivity index (χ0v) is 8.76. The summed E-state index contributed by atoms with van der Waals surface area (Å²) in [6.07, 6.45) is 1.65. The van der Waals surface area contributed by atoms with Crippen molar-refractivity contribution in [3.63, 3.8) is 0 Å². The van der Waals surface area contributed by atoms with Crippen LogP contribution < -0.4 is 11.1 Å². The molecular weight excluding hydrogens is 176 g/mol. The van der Waals surface area contributed by atoms with Crippen LogP contribution >= 0.6 is 0 Å². The van der Waals surface area contributed by atoms with Crippen LogP contribution in [-0.2, 0) is 0 Å². The van der Waals surface area contributed by atoms with E-state index in [1.54, 1.807) is 13.1 Å². The van der Waals surface area contributed by atoms with Crippen LogP contribution in [0.2, 0.25) is 0 Å². The topological polar surface area (TPSA) is 74.8 Å². The first-order valence-electron chi connectivity index (χ1n) is 4.59. The van der Waals surface area contributed by atoms with E-state index in [0.717, 1.165) is 5.69 Å². The van der Waals surface area contributed by atoms with E-state index in [0.29, 0.717) is 23.1 Å². The van der Waals surface area contributed by atoms with E-state index in [4.69, 9.17) is 11.1 Å². The molecule has 1 aromatic rings. The molecule has 0 amide bonds. The molecule has 4 nitrogen and oxygen atoms in total. The highest BCUT2D eigenvalue weighted by molar-refractivity contribution is 6.05. The van der Waals surface area contributed by atoms with Gasteiger partial charge in [0.05, 0.1) is 5.56 Å². The lowest BCUT2D eigenvalue weighted by atomic mass is 10.1. The molecule has 76 valence electrons. The minimum Gasteiger partial charge on any atom is -0.383 e. The van der Waals surface area contributed by atoms with E-state index in [1.165, 1.54) is 0 Å². The summed E-state index contributed by atoms with van der Waals surface area (Å²) in [6, 6.07) is 2.15. The standard InChI is InChI=1S/C10H16N4/c1-6(2)14-8-4-5-13-10(12)9(8)7(3)11/h4-6,11H,1-3H3,(H3,12,13,14). The molecular formula is C10H16N4. The molecule has 4 heteroatoms. The average molecular weight is 192 g/mol. The Kier molecular flexibility index (Phi) is 3.06. The molecule has 0 radical (unpaired) electrons. The SMILES string of the molecule is CC(=N)c1c(NC(C)C)ccnc1N. The maximum atomic E-state index is 7.60. The lowest BCUT2D eigenvalue weighted by Gasteiger charge is -2.14. The number of hydrogen-bond donors (Lipinski definition) is 3. The summed E-state index contributed by atoms with van der Waals surface area (Å²) in [5.74, 6) is 0.406. The van der Waals surface area contributed by atoms with Gasteiger partial charge in [-0.25, -0.2) is 4.98 Å². The van der Waals surface area contributed by atoms with Crippen molar-refractivity contribution in [1.29, 1.82) is 5.41 Å². The molecule has 4 N–H and O–H groups in total. The van der Waals surface area contributed by atoms with Crippen LogP contribution in [0.15, 0.2) is 12.3 Å². The number of pyridine rings is 1. The highest BCUT2D eigenvalue weighted by Crippen LogP contribution is 2.20. The normalized spacial score (nSPS) is 10.3. The first-order valence-corrected chi connectivity index (χ1v) is 4.59. The molecule has 0 aliphatic heterocycles. The van der Waals surface area contributed by atoms with Crippen LogP contribution in [0.1, 0.15) is 26.3 Å². The molecule has 1 aromatic heterocycles. The van der Waals surface area contributed by atoms with Crippen molar-refractivity contribution in [2.24, 2.45) is 0 Å². The smallest absolute Gasteiger partial charge is 0.134 e. The van der Waals surface area contributed by atoms with Gasteiger partial charge in [-0.2, -0.15) is 0 Å². The molecule has 1 rings (SSSR count). The monoisotopic (exact) mass is 192 g/mol. The summed E-state index contributed by atoms with van der Waals surface area (Å²) in [5, 5.41) is 10.8. The zero-order valence-electron chi connectivity index (χ0n) is 8.76. The second kappa shape index (κ2) is 4.09. The maximum Gasteiger partial charge on any atom is 0.134 e. The summed E-state index contributed by atoms with van der Waals surface area (Å²) >= 11 is 0. The first kappa shape index (κ1) is 10.5. The predicted octanol–water partition coefficient (Wildman–Crippen LogP) is 1.87. The Hall–Kier alpha value is -1.58. The fourth-order valence-corrected chi connectivity index (χ4v) is 1.30. The van der Waals surface area contributed by atoms with Crippen molar-refractivity contribution in [2.75, 3.05) is 11.1 Å². The summed E-state index contributed by atoms with van der Waals surface area (Å²) < 4.78 is 0. The third kappa shape index (κ3) is 2.22. The Labute approximate surface area is 84.1 Å². The van der Waals surface area contributed by atoms with Gasteiger partial charge in [-0.1, -0.05) is 0 Å². The van der Waals surface area contributed by atoms with Gasteiger partial charge in [0.2, 0.25) is 0 Å². The van der Waals surface area contributed by atoms with Crippen LogP contribution in [0.3, 0.4) is 0 Å². The highest BCUT2D eigenvalue weighted by Gasteiger charge is 2.09. The number of nitrogens with two attached hydrogens (primary N) is 1. The molecule has 0 aliphatic rings. The molecule has 14 heavy (non-hydrogen) atoms. The van der Waals surface area contributed by atoms with Crippen LogP contribution in [0, 0.1) is 5.41 Å². The number of nitrogens with one attached hydrogen (secondary N) is 2. The van der Waals surface area contributed by atoms with Crippen molar-refractivity contribution < 1.29 is 0 Å². The van der Waals surface area contributed by atoms with Gasteiger partial charge in [-0.15, -0.1) is 0 Å². The Morgan fingerprint density at radius 3 is 2.71 bits per heavy atom. The average Bonchev–Trinajstić information content (AvgIpc) is 2.01. The Bertz CT molecular complexity index is 344. The second-order valence-electron chi connectivity index (χ2n) is 3.54. The largest absolute Gasteiger partial charge is 0.383 e. The number of nitrogen functional groups attached to an aromatic ring is 1. The molecule has 0 fully saturated rings. The lowest BCUT2D eigenvalue weighted by molar-refractivity contribution is 0.898. The summed E-state index contributed by atoms with van der Waals surface area (Å²) in [6.45, 7) is 5.79. The molecule has 0 unspecified atom stereocenters. The van der Waals surface area contributed by atoms with E-state index < -0.39 is 0 Å². The number of hydrogen-bond acceptors (Lipinski definition) is 4. The molecule has 0 bridgehead atoms. The Balaban J connectivity index is 3.14. The van der Waals surface area contributed by atoms with Gasteiger partial charge < -0.3 is 16.5 Å². The fraction of sp³-hybridized carbons (Fsp3) is 0.400. The molecule has 0 spiro atoms. The van der Waals surface area contributed by atoms with Crippen molar-refractivity contribution >= 4 is 17.2 Å². The summed E-state index contributed by atoms with van der Waals surface area (Å²) in [7, 11) is 0. The Morgan fingerprint density at radius 2 is 2.21 bits per heavy atom. The zero-order chi connectivity index (χ0) is 10.7. The van der Waals surface area contributed by atoms with Crippen molar-refractivity contribution in [3.8, 4) is 0 Å². The van der Waals surface area contributed by atoms with Crippen molar-refractivity contribution in [1.82, 2.24) is 4.98 Å². The van der Waals surface area contributed by atoms with E-state index in [1.807, 2.05) is 19.9 Å². The van der Waals surface area contributed by atoms with Gasteiger partial charge in [0, 0.05) is 23.6 Å². The van der Waals surface area contributed by atoms with Crippen molar-refractivity contribution in [2.45, 2.75) is 26.8 Å². The van der Waals surface area contributed by atoms with Gasteiger partial charge in [-0.05, 0) is 26.8 Å². The van der Waals surface area contributed by atoms with E-state index in [9.17, 15) is 0 Å². The fourth-order valence-electron chi connectivity index (χ4n) is 1.30. The third-order valence-electron chi connectivity index (χ3n) is 1.80. The summed E-state index contributed by atoms with van der Waals surface area (Å²) in [5.41, 5.74) is 7.71. The molecule has 0 atom stereocenters. The van der Waals surface area contributed by atoms with Gasteiger partial charge >= 0.3 is 0 Å². The van der Waals surface area contributed by atoms with Gasteiger partial charge in [0.25, 0.3) is 0 Å². The summed E-state index contributed by atoms with van der Waals surface area (Å²) in [4.78, 5) is 3.97. The first-order chi connectivity index (χ1) is 6.52. The van der Waals surface area contributed by atoms with Crippen LogP contribution in [-0.4, -0.2) is 16.7 Å². The molecule has 0 aromatic carbocycles. The van der Waals surface area contributed by atoms with E-state index in [-0.39, 0.29) is 0 Å². The minimum absolute atomic E-state index is 0.315. The minimum atomic E-state index is 0.315. The van der Waals surface area contributed by atoms with Crippen molar-refractivity contribution in [3.05, 3.63) is 17.8 Å². The van der Waals surface area contributed by atoms with Gasteiger partial charge in [0.15, 0.2) is 0 Å². The van der Waals surface area contributed by atoms with E-state index in [2.05, 4.69) is 10.3 Å². The molecule has 1 heterocycles. The van der Waals surface area contributed by atoms with Crippen LogP contribution in [0.5, 0.6) is 0 Å². The number of rotatable bonds is 3. The van der Waals surface area contributed by atoms with Gasteiger partial charge in [0.1, 0.15) is 5.82 Å². The second-order valence-corrected chi connectivity index (χ2v) is 3.54. The number of aromatic nitrogens is 1. The lowest BCUT2D eigenvalue weighted by Crippen LogP contribution is -2.14. The Morgan fingerprint density at radius 1 is 1.57 bits per heavy atom. The molecule has 0 saturated heterocycles. The molecule has 0 saturated carbocycles. The van der Waals surface area contributed by atoms with Crippen LogP contribution in [0.25, 0.3) is 0 Å². The molecule has 0 aliphatic carbocycles.